The summed E-state index contributed by atoms with van der Waals surface area (Å²) in [4.78, 5) is 206. The van der Waals surface area contributed by atoms with E-state index in [1.54, 1.807) is 0 Å². The summed E-state index contributed by atoms with van der Waals surface area (Å²) >= 11 is 24.3. The summed E-state index contributed by atoms with van der Waals surface area (Å²) < 4.78 is 31.7. The third kappa shape index (κ3) is 30.2. The average molecular weight is 1480 g/mol. The Hall–Kier alpha value is -7.65. The second-order valence-electron chi connectivity index (χ2n) is 20.7. The Morgan fingerprint density at radius 2 is 1.00 bits per heavy atom. The maximum Gasteiger partial charge on any atom is 0.490 e. The first-order valence-corrected chi connectivity index (χ1v) is 32.1. The molecule has 1 saturated heterocycles. The fourth-order valence-electron chi connectivity index (χ4n) is 8.06. The molecule has 0 spiro atoms. The van der Waals surface area contributed by atoms with Crippen molar-refractivity contribution in [3.05, 3.63) is 29.8 Å². The summed E-state index contributed by atoms with van der Waals surface area (Å²) in [6.45, 7) is 1.51. The molecule has 1 aromatic rings. The molecule has 2 rings (SSSR count). The number of carboxylic acid groups (broad SMARTS) is 3. The van der Waals surface area contributed by atoms with Crippen molar-refractivity contribution < 1.29 is 115 Å². The number of hydrogen-bond donors (Lipinski definition) is 24. The Morgan fingerprint density at radius 1 is 0.573 bits per heavy atom. The van der Waals surface area contributed by atoms with Gasteiger partial charge < -0.3 is 100 Å². The van der Waals surface area contributed by atoms with Crippen molar-refractivity contribution in [2.75, 3.05) is 47.6 Å². The van der Waals surface area contributed by atoms with Gasteiger partial charge in [0, 0.05) is 53.9 Å². The molecule has 0 bridgehead atoms. The van der Waals surface area contributed by atoms with Crippen LogP contribution in [0, 0.1) is 0 Å². The van der Waals surface area contributed by atoms with Gasteiger partial charge in [0.1, 0.15) is 72.2 Å². The summed E-state index contributed by atoms with van der Waals surface area (Å²) in [5.41, 5.74) is 11.5. The minimum atomic E-state index is -5.08. The number of nitrogens with zero attached hydrogens (tertiary/aromatic N) is 1. The summed E-state index contributed by atoms with van der Waals surface area (Å²) in [6.07, 6.45) is -8.76. The van der Waals surface area contributed by atoms with E-state index in [1.165, 1.54) is 31.2 Å². The van der Waals surface area contributed by atoms with Crippen LogP contribution in [-0.2, 0) is 83.1 Å². The van der Waals surface area contributed by atoms with E-state index in [9.17, 15) is 100 Å². The number of phenols is 1. The standard InChI is InChI=1S/C50H76N14O19S6.C2HF3O2/c1-21(39(71)59-32(19-88)46(78)63-38(22(2)65)48(80)53-14-36(68)55-33(20-89)50(82)83)54-47(79)34-4-3-11-64(34)49(81)28(13-35(52)67)58-44(76)30(17-86)62-45(77)31(18-87)61-42(74)27(12-23-5-7-24(66)8-6-23)57-41(73)26(9-10-37(69)70)56-43(75)29(16-85)60-40(72)25(51)15-84;3-2(4,5)1(6)7/h5-8,21-22,25-34,38,65-66,84-89H,3-4,9-20,51H2,1-2H3,(H2,52,67)(H,53,80)(H,54,79)(H,55,68)(H,56,75)(H,57,73)(H,58,76)(H,59,71)(H,60,72)(H,61,74)(H,62,77)(H,63,78)(H,69,70)(H,82,83);(H,6,7)/t21-,22+,25-,26-,27-,28-,29-,30-,31-,32-,33-,34-,38-;/m0./s1. The van der Waals surface area contributed by atoms with E-state index in [0.29, 0.717) is 5.56 Å². The van der Waals surface area contributed by atoms with E-state index in [-0.39, 0.29) is 54.6 Å². The molecule has 13 amide bonds. The lowest BCUT2D eigenvalue weighted by molar-refractivity contribution is -0.192. The first-order chi connectivity index (χ1) is 44.8. The number of phenolic OH excluding ortho intramolecular Hbond substituents is 1. The molecule has 1 aromatic carbocycles. The molecule has 1 aliphatic rings. The number of carbonyl (C=O) groups is 16. The molecule has 0 aliphatic carbocycles. The maximum atomic E-state index is 14.1. The van der Waals surface area contributed by atoms with Gasteiger partial charge in [0.05, 0.1) is 25.1 Å². The highest BCUT2D eigenvalue weighted by molar-refractivity contribution is 7.81. The van der Waals surface area contributed by atoms with E-state index in [2.05, 4.69) is 134 Å². The lowest BCUT2D eigenvalue weighted by atomic mass is 10.0. The van der Waals surface area contributed by atoms with Crippen LogP contribution in [0.2, 0.25) is 0 Å². The van der Waals surface area contributed by atoms with Crippen molar-refractivity contribution in [3.63, 3.8) is 0 Å². The molecule has 1 aliphatic heterocycles. The second kappa shape index (κ2) is 42.8. The number of carbonyl (C=O) groups excluding carboxylic acids is 13. The van der Waals surface area contributed by atoms with Crippen LogP contribution in [0.15, 0.2) is 24.3 Å². The lowest BCUT2D eigenvalue weighted by Gasteiger charge is -2.30. The number of carboxylic acids is 3. The molecule has 0 radical (unpaired) electrons. The molecule has 35 nitrogen and oxygen atoms in total. The fraction of sp³-hybridized carbons (Fsp3) is 0.577. The molecule has 0 saturated carbocycles. The van der Waals surface area contributed by atoms with Crippen LogP contribution in [0.5, 0.6) is 5.75 Å². The number of primary amides is 1. The van der Waals surface area contributed by atoms with Crippen LogP contribution < -0.4 is 70.0 Å². The normalized spacial score (nSPS) is 16.3. The van der Waals surface area contributed by atoms with Gasteiger partial charge in [-0.3, -0.25) is 67.1 Å². The van der Waals surface area contributed by atoms with Gasteiger partial charge >= 0.3 is 24.1 Å². The quantitative estimate of drug-likeness (QED) is 0.0274. The number of rotatable bonds is 38. The Morgan fingerprint density at radius 3 is 1.44 bits per heavy atom. The average Bonchev–Trinajstić information content (AvgIpc) is 1.60. The summed E-state index contributed by atoms with van der Waals surface area (Å²) in [5, 5.41) is 71.4. The number of likely N-dealkylation sites (tertiary alicyclic amines) is 1. The molecule has 1 heterocycles. The van der Waals surface area contributed by atoms with Gasteiger partial charge in [0.25, 0.3) is 0 Å². The summed E-state index contributed by atoms with van der Waals surface area (Å²) in [6, 6.07) is -12.7. The van der Waals surface area contributed by atoms with Crippen LogP contribution in [0.1, 0.15) is 51.5 Å². The Bertz CT molecular complexity index is 2950. The van der Waals surface area contributed by atoms with Crippen LogP contribution in [0.25, 0.3) is 0 Å². The number of thiol groups is 6. The van der Waals surface area contributed by atoms with Crippen molar-refractivity contribution >= 4 is 170 Å². The van der Waals surface area contributed by atoms with Gasteiger partial charge in [-0.25, -0.2) is 9.59 Å². The minimum Gasteiger partial charge on any atom is -0.508 e. The Balaban J connectivity index is 0.00000620. The topological polar surface area (TPSA) is 562 Å². The van der Waals surface area contributed by atoms with Gasteiger partial charge in [-0.1, -0.05) is 12.1 Å². The molecule has 0 unspecified atom stereocenters. The molecule has 44 heteroatoms. The highest BCUT2D eigenvalue weighted by Crippen LogP contribution is 2.20. The number of amides is 13. The highest BCUT2D eigenvalue weighted by Gasteiger charge is 2.42. The smallest absolute Gasteiger partial charge is 0.490 e. The van der Waals surface area contributed by atoms with Gasteiger partial charge in [0.2, 0.25) is 76.8 Å². The molecule has 13 atom stereocenters. The number of nitrogens with one attached hydrogen (secondary N) is 11. The number of halogens is 3. The van der Waals surface area contributed by atoms with Crippen LogP contribution in [-0.4, -0.2) is 258 Å². The first kappa shape index (κ1) is 86.4. The van der Waals surface area contributed by atoms with Crippen molar-refractivity contribution in [1.82, 2.24) is 63.4 Å². The van der Waals surface area contributed by atoms with E-state index in [1.807, 2.05) is 0 Å². The minimum absolute atomic E-state index is 0.0169. The number of hydrogen-bond acceptors (Lipinski definition) is 25. The van der Waals surface area contributed by atoms with Gasteiger partial charge in [-0.2, -0.15) is 88.9 Å². The molecule has 20 N–H and O–H groups in total. The lowest BCUT2D eigenvalue weighted by Crippen LogP contribution is -2.61. The number of alkyl halides is 3. The molecular weight excluding hydrogens is 1410 g/mol. The van der Waals surface area contributed by atoms with Crippen molar-refractivity contribution in [2.45, 2.75) is 137 Å². The first-order valence-electron chi connectivity index (χ1n) is 28.3. The maximum absolute atomic E-state index is 14.1. The van der Waals surface area contributed by atoms with Crippen LogP contribution in [0.3, 0.4) is 0 Å². The van der Waals surface area contributed by atoms with Gasteiger partial charge in [-0.05, 0) is 50.8 Å². The number of aliphatic hydroxyl groups excluding tert-OH is 1. The molecule has 538 valence electrons. The monoisotopic (exact) mass is 1480 g/mol. The van der Waals surface area contributed by atoms with E-state index in [4.69, 9.17) is 26.5 Å². The zero-order chi connectivity index (χ0) is 73.5. The molecule has 96 heavy (non-hydrogen) atoms. The fourth-order valence-corrected chi connectivity index (χ4v) is 9.50. The summed E-state index contributed by atoms with van der Waals surface area (Å²) in [5.74, 6) is -20.6. The van der Waals surface area contributed by atoms with Gasteiger partial charge in [-0.15, -0.1) is 0 Å². The van der Waals surface area contributed by atoms with E-state index in [0.717, 1.165) is 11.8 Å². The third-order valence-electron chi connectivity index (χ3n) is 13.2. The predicted octanol–water partition coefficient (Wildman–Crippen LogP) is -7.35. The number of nitrogens with two attached hydrogens (primary N) is 2. The number of benzene rings is 1. The Labute approximate surface area is 578 Å². The molecule has 0 aromatic heterocycles. The third-order valence-corrected chi connectivity index (χ3v) is 15.5. The van der Waals surface area contributed by atoms with E-state index < -0.39 is 217 Å². The second-order valence-corrected chi connectivity index (χ2v) is 22.9. The molecular formula is C52H77F3N14O21S6. The zero-order valence-corrected chi connectivity index (χ0v) is 56.3. The SMILES string of the molecule is C[C@H](NC(=O)[C@@H]1CCCN1C(=O)[C@H](CC(N)=O)NC(=O)[C@H](CS)NC(=O)[C@H](CS)NC(=O)[C@H](Cc1ccc(O)cc1)NC(=O)[C@H](CCC(=O)O)NC(=O)[C@H](CS)NC(=O)[C@@H](N)CS)C(=O)N[C@@H](CS)C(=O)N[C@H](C(=O)NCC(=O)N[C@@H](CS)C(=O)O)[C@@H](C)O.O=C(O)C(F)(F)F. The predicted molar refractivity (Wildman–Crippen MR) is 349 cm³/mol. The summed E-state index contributed by atoms with van der Waals surface area (Å²) in [7, 11) is 0. The molecule has 1 fully saturated rings. The van der Waals surface area contributed by atoms with Crippen LogP contribution in [0.4, 0.5) is 13.2 Å². The number of aliphatic carboxylic acids is 3. The largest absolute Gasteiger partial charge is 0.508 e. The van der Waals surface area contributed by atoms with Gasteiger partial charge in [0.15, 0.2) is 0 Å². The van der Waals surface area contributed by atoms with Crippen molar-refractivity contribution in [1.29, 1.82) is 0 Å². The number of aliphatic hydroxyl groups is 1. The highest BCUT2D eigenvalue weighted by atomic mass is 32.1. The van der Waals surface area contributed by atoms with Crippen molar-refractivity contribution in [3.8, 4) is 5.75 Å². The number of aromatic hydroxyl groups is 1. The van der Waals surface area contributed by atoms with E-state index >= 15 is 0 Å². The van der Waals surface area contributed by atoms with Crippen LogP contribution >= 0.6 is 75.8 Å². The zero-order valence-electron chi connectivity index (χ0n) is 50.9. The van der Waals surface area contributed by atoms with Crippen molar-refractivity contribution in [2.24, 2.45) is 11.5 Å². The Kier molecular flexibility index (Phi) is 38.5.